The van der Waals surface area contributed by atoms with Gasteiger partial charge in [-0.3, -0.25) is 9.59 Å². The van der Waals surface area contributed by atoms with E-state index >= 15 is 0 Å². The molecule has 0 radical (unpaired) electrons. The molecule has 2 aromatic carbocycles. The third-order valence-electron chi connectivity index (χ3n) is 5.02. The summed E-state index contributed by atoms with van der Waals surface area (Å²) < 4.78 is 15.8. The van der Waals surface area contributed by atoms with Gasteiger partial charge in [0.25, 0.3) is 11.7 Å². The molecule has 1 aliphatic rings. The van der Waals surface area contributed by atoms with Gasteiger partial charge in [0.2, 0.25) is 0 Å². The summed E-state index contributed by atoms with van der Waals surface area (Å²) in [4.78, 5) is 27.1. The van der Waals surface area contributed by atoms with Crippen LogP contribution in [0.2, 0.25) is 0 Å². The summed E-state index contributed by atoms with van der Waals surface area (Å²) in [6.45, 7) is 2.45. The van der Waals surface area contributed by atoms with Gasteiger partial charge in [-0.15, -0.1) is 0 Å². The molecule has 1 unspecified atom stereocenters. The lowest BCUT2D eigenvalue weighted by Gasteiger charge is -2.25. The zero-order valence-electron chi connectivity index (χ0n) is 17.6. The van der Waals surface area contributed by atoms with Gasteiger partial charge in [0.15, 0.2) is 11.5 Å². The van der Waals surface area contributed by atoms with Crippen molar-refractivity contribution in [2.45, 2.75) is 13.0 Å². The molecule has 0 aliphatic carbocycles. The number of benzene rings is 2. The number of aliphatic hydroxyl groups excluding tert-OH is 1. The second kappa shape index (κ2) is 9.53. The number of amides is 1. The number of carbonyl (C=O) groups excluding carboxylic acids is 2. The van der Waals surface area contributed by atoms with Gasteiger partial charge >= 0.3 is 0 Å². The molecule has 0 bridgehead atoms. The SMILES string of the molecule is CCOc1cc(C2C(=C(O)c3cccc(OC)c3)C(=O)C(=O)N2CCOC)ccc1O. The summed E-state index contributed by atoms with van der Waals surface area (Å²) in [5.41, 5.74) is 0.807. The number of carbonyl (C=O) groups is 2. The number of nitrogens with zero attached hydrogens (tertiary/aromatic N) is 1. The highest BCUT2D eigenvalue weighted by Crippen LogP contribution is 2.41. The predicted octanol–water partition coefficient (Wildman–Crippen LogP) is 2.87. The molecule has 1 amide bonds. The van der Waals surface area contributed by atoms with E-state index in [1.807, 2.05) is 0 Å². The summed E-state index contributed by atoms with van der Waals surface area (Å²) in [7, 11) is 2.99. The summed E-state index contributed by atoms with van der Waals surface area (Å²) >= 11 is 0. The number of Topliss-reactive ketones (excluding diaryl/α,β-unsaturated/α-hetero) is 1. The first-order chi connectivity index (χ1) is 14.9. The van der Waals surface area contributed by atoms with Gasteiger partial charge in [-0.1, -0.05) is 18.2 Å². The minimum atomic E-state index is -0.874. The average Bonchev–Trinajstić information content (AvgIpc) is 3.03. The van der Waals surface area contributed by atoms with Crippen LogP contribution in [0.25, 0.3) is 5.76 Å². The highest BCUT2D eigenvalue weighted by molar-refractivity contribution is 6.46. The van der Waals surface area contributed by atoms with Crippen molar-refractivity contribution >= 4 is 17.4 Å². The van der Waals surface area contributed by atoms with E-state index in [1.54, 1.807) is 43.3 Å². The number of aliphatic hydroxyl groups is 1. The van der Waals surface area contributed by atoms with Gasteiger partial charge in [0, 0.05) is 19.2 Å². The van der Waals surface area contributed by atoms with Gasteiger partial charge in [0.1, 0.15) is 11.5 Å². The highest BCUT2D eigenvalue weighted by atomic mass is 16.5. The number of ether oxygens (including phenoxy) is 3. The number of aromatic hydroxyl groups is 1. The van der Waals surface area contributed by atoms with Crippen LogP contribution in [0.15, 0.2) is 48.0 Å². The van der Waals surface area contributed by atoms with Crippen molar-refractivity contribution in [3.8, 4) is 17.2 Å². The Hall–Kier alpha value is -3.52. The molecule has 1 heterocycles. The van der Waals surface area contributed by atoms with Gasteiger partial charge in [-0.25, -0.2) is 0 Å². The minimum Gasteiger partial charge on any atom is -0.507 e. The molecule has 3 rings (SSSR count). The molecule has 1 aliphatic heterocycles. The number of ketones is 1. The van der Waals surface area contributed by atoms with E-state index in [4.69, 9.17) is 14.2 Å². The Kier molecular flexibility index (Phi) is 6.81. The third kappa shape index (κ3) is 4.34. The lowest BCUT2D eigenvalue weighted by molar-refractivity contribution is -0.140. The number of likely N-dealkylation sites (tertiary alicyclic amines) is 1. The lowest BCUT2D eigenvalue weighted by Crippen LogP contribution is -2.32. The van der Waals surface area contributed by atoms with Gasteiger partial charge in [-0.2, -0.15) is 0 Å². The molecule has 164 valence electrons. The molecule has 1 fully saturated rings. The third-order valence-corrected chi connectivity index (χ3v) is 5.02. The Morgan fingerprint density at radius 3 is 2.58 bits per heavy atom. The quantitative estimate of drug-likeness (QED) is 0.379. The van der Waals surface area contributed by atoms with Crippen LogP contribution in [0.4, 0.5) is 0 Å². The first kappa shape index (κ1) is 22.2. The summed E-state index contributed by atoms with van der Waals surface area (Å²) in [6, 6.07) is 10.3. The number of rotatable bonds is 8. The molecular weight excluding hydrogens is 402 g/mol. The van der Waals surface area contributed by atoms with Crippen LogP contribution in [0.5, 0.6) is 17.2 Å². The molecule has 1 saturated heterocycles. The zero-order valence-corrected chi connectivity index (χ0v) is 17.6. The van der Waals surface area contributed by atoms with Crippen LogP contribution >= 0.6 is 0 Å². The van der Waals surface area contributed by atoms with Crippen LogP contribution in [-0.4, -0.2) is 60.8 Å². The molecule has 31 heavy (non-hydrogen) atoms. The van der Waals surface area contributed by atoms with Crippen LogP contribution in [-0.2, 0) is 14.3 Å². The number of methoxy groups -OCH3 is 2. The van der Waals surface area contributed by atoms with E-state index in [0.717, 1.165) is 0 Å². The van der Waals surface area contributed by atoms with E-state index < -0.39 is 17.7 Å². The molecular formula is C23H25NO7. The number of phenolic OH excluding ortho intramolecular Hbond substituents is 1. The Morgan fingerprint density at radius 2 is 1.90 bits per heavy atom. The normalized spacial score (nSPS) is 17.8. The molecule has 0 aromatic heterocycles. The first-order valence-electron chi connectivity index (χ1n) is 9.80. The van der Waals surface area contributed by atoms with E-state index in [9.17, 15) is 19.8 Å². The average molecular weight is 427 g/mol. The van der Waals surface area contributed by atoms with Crippen LogP contribution in [0, 0.1) is 0 Å². The molecule has 0 saturated carbocycles. The lowest BCUT2D eigenvalue weighted by atomic mass is 9.95. The number of hydrogen-bond acceptors (Lipinski definition) is 7. The van der Waals surface area contributed by atoms with Crippen molar-refractivity contribution < 1.29 is 34.0 Å². The largest absolute Gasteiger partial charge is 0.507 e. The van der Waals surface area contributed by atoms with E-state index in [-0.39, 0.29) is 36.0 Å². The maximum atomic E-state index is 12.9. The summed E-state index contributed by atoms with van der Waals surface area (Å²) in [5.74, 6) is -1.19. The maximum absolute atomic E-state index is 12.9. The second-order valence-corrected chi connectivity index (χ2v) is 6.88. The van der Waals surface area contributed by atoms with Crippen molar-refractivity contribution in [1.29, 1.82) is 0 Å². The molecule has 2 aromatic rings. The van der Waals surface area contributed by atoms with Gasteiger partial charge in [0.05, 0.1) is 31.9 Å². The Balaban J connectivity index is 2.18. The van der Waals surface area contributed by atoms with Crippen LogP contribution < -0.4 is 9.47 Å². The maximum Gasteiger partial charge on any atom is 0.295 e. The predicted molar refractivity (Wildman–Crippen MR) is 113 cm³/mol. The number of phenols is 1. The van der Waals surface area contributed by atoms with Crippen LogP contribution in [0.3, 0.4) is 0 Å². The van der Waals surface area contributed by atoms with Crippen molar-refractivity contribution in [2.75, 3.05) is 34.0 Å². The Morgan fingerprint density at radius 1 is 1.13 bits per heavy atom. The van der Waals surface area contributed by atoms with Crippen LogP contribution in [0.1, 0.15) is 24.1 Å². The van der Waals surface area contributed by atoms with Gasteiger partial charge < -0.3 is 29.3 Å². The zero-order chi connectivity index (χ0) is 22.5. The van der Waals surface area contributed by atoms with Crippen molar-refractivity contribution in [3.05, 3.63) is 59.2 Å². The molecule has 0 spiro atoms. The Labute approximate surface area is 180 Å². The monoisotopic (exact) mass is 427 g/mol. The topological polar surface area (TPSA) is 106 Å². The second-order valence-electron chi connectivity index (χ2n) is 6.88. The molecule has 2 N–H and O–H groups in total. The van der Waals surface area contributed by atoms with Crippen molar-refractivity contribution in [1.82, 2.24) is 4.90 Å². The fraction of sp³-hybridized carbons (Fsp3) is 0.304. The van der Waals surface area contributed by atoms with Crippen molar-refractivity contribution in [2.24, 2.45) is 0 Å². The molecule has 8 heteroatoms. The number of hydrogen-bond donors (Lipinski definition) is 2. The standard InChI is InChI=1S/C23H25NO7/c1-4-31-18-13-14(8-9-17(18)25)20-19(22(27)23(28)24(20)10-11-29-2)21(26)15-6-5-7-16(12-15)30-3/h5-9,12-13,20,25-26H,4,10-11H2,1-3H3. The smallest absolute Gasteiger partial charge is 0.295 e. The highest BCUT2D eigenvalue weighted by Gasteiger charge is 2.46. The Bertz CT molecular complexity index is 1010. The summed E-state index contributed by atoms with van der Waals surface area (Å²) in [5, 5.41) is 21.1. The first-order valence-corrected chi connectivity index (χ1v) is 9.80. The molecule has 8 nitrogen and oxygen atoms in total. The molecule has 1 atom stereocenters. The van der Waals surface area contributed by atoms with Gasteiger partial charge in [-0.05, 0) is 36.8 Å². The van der Waals surface area contributed by atoms with E-state index in [1.165, 1.54) is 25.2 Å². The fourth-order valence-corrected chi connectivity index (χ4v) is 3.54. The summed E-state index contributed by atoms with van der Waals surface area (Å²) in [6.07, 6.45) is 0. The van der Waals surface area contributed by atoms with E-state index in [2.05, 4.69) is 0 Å². The van der Waals surface area contributed by atoms with Crippen molar-refractivity contribution in [3.63, 3.8) is 0 Å². The van der Waals surface area contributed by atoms with E-state index in [0.29, 0.717) is 23.5 Å². The minimum absolute atomic E-state index is 0.0532. The fourth-order valence-electron chi connectivity index (χ4n) is 3.54.